The van der Waals surface area contributed by atoms with Crippen molar-refractivity contribution in [3.05, 3.63) is 41.8 Å². The van der Waals surface area contributed by atoms with Crippen LogP contribution in [0.15, 0.2) is 34.9 Å². The summed E-state index contributed by atoms with van der Waals surface area (Å²) in [6.45, 7) is 1.24. The van der Waals surface area contributed by atoms with Crippen molar-refractivity contribution in [3.63, 3.8) is 0 Å². The summed E-state index contributed by atoms with van der Waals surface area (Å²) >= 11 is 0. The van der Waals surface area contributed by atoms with Crippen LogP contribution in [0.25, 0.3) is 0 Å². The fourth-order valence-electron chi connectivity index (χ4n) is 2.69. The summed E-state index contributed by atoms with van der Waals surface area (Å²) in [6, 6.07) is 7.34. The molecule has 2 N–H and O–H groups in total. The van der Waals surface area contributed by atoms with E-state index in [-0.39, 0.29) is 24.2 Å². The normalized spacial score (nSPS) is 15.6. The highest BCUT2D eigenvalue weighted by molar-refractivity contribution is 5.77. The minimum absolute atomic E-state index is 0.0484. The van der Waals surface area contributed by atoms with Crippen molar-refractivity contribution in [1.29, 1.82) is 0 Å². The SMILES string of the molecule is Nc1cc(C2CCN(C(=O)COc3ccc(F)cc3)CC2)no1. The van der Waals surface area contributed by atoms with Crippen LogP contribution in [-0.4, -0.2) is 35.7 Å². The fraction of sp³-hybridized carbons (Fsp3) is 0.375. The van der Waals surface area contributed by atoms with Gasteiger partial charge in [0.1, 0.15) is 11.6 Å². The lowest BCUT2D eigenvalue weighted by Crippen LogP contribution is -2.40. The summed E-state index contributed by atoms with van der Waals surface area (Å²) in [5, 5.41) is 3.93. The first-order valence-corrected chi connectivity index (χ1v) is 7.50. The van der Waals surface area contributed by atoms with Crippen LogP contribution < -0.4 is 10.5 Å². The van der Waals surface area contributed by atoms with Gasteiger partial charge in [0.15, 0.2) is 6.61 Å². The van der Waals surface area contributed by atoms with Crippen LogP contribution in [0.2, 0.25) is 0 Å². The molecule has 0 radical (unpaired) electrons. The average molecular weight is 319 g/mol. The molecule has 1 amide bonds. The van der Waals surface area contributed by atoms with Crippen LogP contribution >= 0.6 is 0 Å². The predicted molar refractivity (Wildman–Crippen MR) is 81.4 cm³/mol. The Hall–Kier alpha value is -2.57. The molecule has 1 aromatic heterocycles. The third kappa shape index (κ3) is 3.80. The number of halogens is 1. The minimum atomic E-state index is -0.334. The summed E-state index contributed by atoms with van der Waals surface area (Å²) in [5.74, 6) is 0.642. The first-order valence-electron chi connectivity index (χ1n) is 7.50. The van der Waals surface area contributed by atoms with Crippen molar-refractivity contribution in [2.24, 2.45) is 0 Å². The largest absolute Gasteiger partial charge is 0.484 e. The number of rotatable bonds is 4. The van der Waals surface area contributed by atoms with E-state index < -0.39 is 0 Å². The molecule has 1 aliphatic heterocycles. The zero-order chi connectivity index (χ0) is 16.2. The highest BCUT2D eigenvalue weighted by Gasteiger charge is 2.25. The lowest BCUT2D eigenvalue weighted by Gasteiger charge is -2.31. The van der Waals surface area contributed by atoms with Gasteiger partial charge < -0.3 is 19.9 Å². The molecule has 122 valence electrons. The minimum Gasteiger partial charge on any atom is -0.484 e. The Bertz CT molecular complexity index is 663. The number of anilines is 1. The number of nitrogens with two attached hydrogens (primary N) is 1. The zero-order valence-corrected chi connectivity index (χ0v) is 12.6. The Balaban J connectivity index is 1.47. The molecule has 2 aromatic rings. The number of nitrogen functional groups attached to an aromatic ring is 1. The Kier molecular flexibility index (Phi) is 4.45. The van der Waals surface area contributed by atoms with E-state index in [0.717, 1.165) is 18.5 Å². The van der Waals surface area contributed by atoms with Gasteiger partial charge in [0.05, 0.1) is 5.69 Å². The maximum Gasteiger partial charge on any atom is 0.260 e. The second-order valence-electron chi connectivity index (χ2n) is 5.55. The number of hydrogen-bond donors (Lipinski definition) is 1. The summed E-state index contributed by atoms with van der Waals surface area (Å²) in [6.07, 6.45) is 1.63. The van der Waals surface area contributed by atoms with E-state index in [1.807, 2.05) is 0 Å². The molecule has 1 fully saturated rings. The van der Waals surface area contributed by atoms with Gasteiger partial charge in [0, 0.05) is 25.1 Å². The lowest BCUT2D eigenvalue weighted by atomic mass is 9.93. The first kappa shape index (κ1) is 15.3. The monoisotopic (exact) mass is 319 g/mol. The smallest absolute Gasteiger partial charge is 0.260 e. The van der Waals surface area contributed by atoms with Gasteiger partial charge >= 0.3 is 0 Å². The number of ether oxygens (including phenoxy) is 1. The Labute approximate surface area is 133 Å². The third-order valence-electron chi connectivity index (χ3n) is 3.99. The topological polar surface area (TPSA) is 81.6 Å². The van der Waals surface area contributed by atoms with Crippen molar-refractivity contribution in [3.8, 4) is 5.75 Å². The molecule has 0 aliphatic carbocycles. The molecular formula is C16H18FN3O3. The number of carbonyl (C=O) groups excluding carboxylic acids is 1. The van der Waals surface area contributed by atoms with E-state index >= 15 is 0 Å². The van der Waals surface area contributed by atoms with Crippen LogP contribution in [0.5, 0.6) is 5.75 Å². The lowest BCUT2D eigenvalue weighted by molar-refractivity contribution is -0.134. The number of likely N-dealkylation sites (tertiary alicyclic amines) is 1. The molecule has 0 saturated carbocycles. The van der Waals surface area contributed by atoms with Crippen molar-refractivity contribution < 1.29 is 18.4 Å². The average Bonchev–Trinajstić information content (AvgIpc) is 3.01. The maximum atomic E-state index is 12.8. The van der Waals surface area contributed by atoms with Gasteiger partial charge in [0.2, 0.25) is 5.88 Å². The summed E-state index contributed by atoms with van der Waals surface area (Å²) in [7, 11) is 0. The molecule has 3 rings (SSSR count). The van der Waals surface area contributed by atoms with E-state index in [1.165, 1.54) is 24.3 Å². The van der Waals surface area contributed by atoms with Crippen molar-refractivity contribution in [1.82, 2.24) is 10.1 Å². The number of carbonyl (C=O) groups is 1. The van der Waals surface area contributed by atoms with E-state index in [1.54, 1.807) is 11.0 Å². The fourth-order valence-corrected chi connectivity index (χ4v) is 2.69. The second kappa shape index (κ2) is 6.68. The molecule has 0 bridgehead atoms. The molecule has 1 aliphatic rings. The zero-order valence-electron chi connectivity index (χ0n) is 12.6. The first-order chi connectivity index (χ1) is 11.1. The van der Waals surface area contributed by atoms with Gasteiger partial charge in [-0.15, -0.1) is 0 Å². The summed E-state index contributed by atoms with van der Waals surface area (Å²) < 4.78 is 23.1. The van der Waals surface area contributed by atoms with E-state index in [0.29, 0.717) is 24.7 Å². The number of nitrogens with zero attached hydrogens (tertiary/aromatic N) is 2. The van der Waals surface area contributed by atoms with E-state index in [2.05, 4.69) is 5.16 Å². The number of amides is 1. The Morgan fingerprint density at radius 2 is 2.04 bits per heavy atom. The van der Waals surface area contributed by atoms with E-state index in [9.17, 15) is 9.18 Å². The van der Waals surface area contributed by atoms with Gasteiger partial charge in [-0.1, -0.05) is 5.16 Å². The number of hydrogen-bond acceptors (Lipinski definition) is 5. The Morgan fingerprint density at radius 3 is 2.65 bits per heavy atom. The van der Waals surface area contributed by atoms with Crippen molar-refractivity contribution in [2.45, 2.75) is 18.8 Å². The van der Waals surface area contributed by atoms with Crippen LogP contribution in [-0.2, 0) is 4.79 Å². The number of piperidine rings is 1. The molecule has 6 nitrogen and oxygen atoms in total. The predicted octanol–water partition coefficient (Wildman–Crippen LogP) is 2.18. The highest BCUT2D eigenvalue weighted by atomic mass is 19.1. The summed E-state index contributed by atoms with van der Waals surface area (Å²) in [5.41, 5.74) is 6.38. The van der Waals surface area contributed by atoms with Crippen LogP contribution in [0.1, 0.15) is 24.5 Å². The van der Waals surface area contributed by atoms with Gasteiger partial charge in [0.25, 0.3) is 5.91 Å². The Morgan fingerprint density at radius 1 is 1.35 bits per heavy atom. The van der Waals surface area contributed by atoms with Crippen LogP contribution in [0, 0.1) is 5.82 Å². The molecule has 1 saturated heterocycles. The van der Waals surface area contributed by atoms with Gasteiger partial charge in [-0.05, 0) is 37.1 Å². The molecule has 0 atom stereocenters. The number of benzene rings is 1. The standard InChI is InChI=1S/C16H18FN3O3/c17-12-1-3-13(4-2-12)22-10-16(21)20-7-5-11(6-8-20)14-9-15(18)23-19-14/h1-4,9,11H,5-8,10,18H2. The third-order valence-corrected chi connectivity index (χ3v) is 3.99. The molecule has 7 heteroatoms. The van der Waals surface area contributed by atoms with E-state index in [4.69, 9.17) is 15.0 Å². The van der Waals surface area contributed by atoms with Crippen LogP contribution in [0.3, 0.4) is 0 Å². The van der Waals surface area contributed by atoms with Crippen molar-refractivity contribution in [2.75, 3.05) is 25.4 Å². The molecular weight excluding hydrogens is 301 g/mol. The number of aromatic nitrogens is 1. The molecule has 1 aromatic carbocycles. The van der Waals surface area contributed by atoms with Crippen LogP contribution in [0.4, 0.5) is 10.3 Å². The van der Waals surface area contributed by atoms with Gasteiger partial charge in [-0.25, -0.2) is 4.39 Å². The quantitative estimate of drug-likeness (QED) is 0.934. The molecule has 0 spiro atoms. The second-order valence-corrected chi connectivity index (χ2v) is 5.55. The molecule has 0 unspecified atom stereocenters. The van der Waals surface area contributed by atoms with Gasteiger partial charge in [-0.2, -0.15) is 0 Å². The molecule has 2 heterocycles. The van der Waals surface area contributed by atoms with Crippen molar-refractivity contribution >= 4 is 11.8 Å². The highest BCUT2D eigenvalue weighted by Crippen LogP contribution is 2.28. The maximum absolute atomic E-state index is 12.8. The molecule has 23 heavy (non-hydrogen) atoms. The van der Waals surface area contributed by atoms with Gasteiger partial charge in [-0.3, -0.25) is 4.79 Å². The summed E-state index contributed by atoms with van der Waals surface area (Å²) in [4.78, 5) is 13.9.